The Kier molecular flexibility index (Phi) is 2.48. The molecule has 0 spiro atoms. The third-order valence-electron chi connectivity index (χ3n) is 3.14. The fraction of sp³-hybridized carbons (Fsp3) is 0.200. The zero-order valence-electron chi connectivity index (χ0n) is 9.65. The highest BCUT2D eigenvalue weighted by Gasteiger charge is 2.11. The van der Waals surface area contributed by atoms with E-state index in [9.17, 15) is 0 Å². The molecule has 0 bridgehead atoms. The van der Waals surface area contributed by atoms with Crippen LogP contribution in [0.1, 0.15) is 16.7 Å². The van der Waals surface area contributed by atoms with Crippen LogP contribution in [0.5, 0.6) is 5.75 Å². The highest BCUT2D eigenvalue weighted by atomic mass is 16.5. The van der Waals surface area contributed by atoms with Gasteiger partial charge in [0.2, 0.25) is 0 Å². The molecule has 0 aliphatic carbocycles. The monoisotopic (exact) mass is 225 g/mol. The average Bonchev–Trinajstić information content (AvgIpc) is 2.79. The van der Waals surface area contributed by atoms with E-state index in [1.165, 1.54) is 16.7 Å². The topological polar surface area (TPSA) is 35.2 Å². The third kappa shape index (κ3) is 2.11. The van der Waals surface area contributed by atoms with Crippen LogP contribution in [0.25, 0.3) is 0 Å². The molecule has 0 fully saturated rings. The van der Waals surface area contributed by atoms with Crippen molar-refractivity contribution in [1.29, 1.82) is 0 Å². The quantitative estimate of drug-likeness (QED) is 0.798. The van der Waals surface area contributed by atoms with Crippen molar-refractivity contribution in [2.24, 2.45) is 0 Å². The summed E-state index contributed by atoms with van der Waals surface area (Å²) in [5, 5.41) is 0. The molecule has 2 aromatic carbocycles. The average molecular weight is 225 g/mol. The third-order valence-corrected chi connectivity index (χ3v) is 3.14. The maximum atomic E-state index is 5.68. The van der Waals surface area contributed by atoms with Crippen molar-refractivity contribution >= 4 is 5.69 Å². The van der Waals surface area contributed by atoms with E-state index >= 15 is 0 Å². The number of nitrogen functional groups attached to an aromatic ring is 1. The molecule has 0 aromatic heterocycles. The highest BCUT2D eigenvalue weighted by molar-refractivity contribution is 5.43. The molecule has 0 amide bonds. The summed E-state index contributed by atoms with van der Waals surface area (Å²) in [5.41, 5.74) is 10.4. The van der Waals surface area contributed by atoms with Crippen LogP contribution in [0, 0.1) is 0 Å². The normalized spacial score (nSPS) is 13.2. The molecule has 2 nitrogen and oxygen atoms in total. The summed E-state index contributed by atoms with van der Waals surface area (Å²) in [7, 11) is 0. The second kappa shape index (κ2) is 4.13. The Balaban J connectivity index is 1.83. The van der Waals surface area contributed by atoms with Crippen molar-refractivity contribution in [2.45, 2.75) is 12.8 Å². The molecule has 1 aliphatic rings. The lowest BCUT2D eigenvalue weighted by molar-refractivity contribution is 0.357. The van der Waals surface area contributed by atoms with E-state index in [-0.39, 0.29) is 0 Å². The van der Waals surface area contributed by atoms with Gasteiger partial charge >= 0.3 is 0 Å². The standard InChI is InChI=1S/C15H15NO/c16-14-4-1-11(2-5-14)9-12-3-6-15-13(10-12)7-8-17-15/h1-6,10H,7-9,16H2. The van der Waals surface area contributed by atoms with Crippen LogP contribution in [0.4, 0.5) is 5.69 Å². The van der Waals surface area contributed by atoms with Crippen molar-refractivity contribution in [3.05, 3.63) is 59.2 Å². The van der Waals surface area contributed by atoms with E-state index < -0.39 is 0 Å². The molecule has 2 heteroatoms. The lowest BCUT2D eigenvalue weighted by Crippen LogP contribution is -1.91. The van der Waals surface area contributed by atoms with Gasteiger partial charge in [-0.2, -0.15) is 0 Å². The molecular formula is C15H15NO. The minimum absolute atomic E-state index is 0.816. The summed E-state index contributed by atoms with van der Waals surface area (Å²) in [6.07, 6.45) is 1.98. The van der Waals surface area contributed by atoms with E-state index in [0.29, 0.717) is 0 Å². The number of nitrogens with two attached hydrogens (primary N) is 1. The van der Waals surface area contributed by atoms with Crippen LogP contribution in [0.2, 0.25) is 0 Å². The van der Waals surface area contributed by atoms with Crippen molar-refractivity contribution in [1.82, 2.24) is 0 Å². The number of fused-ring (bicyclic) bond motifs is 1. The van der Waals surface area contributed by atoms with E-state index in [0.717, 1.165) is 30.9 Å². The minimum Gasteiger partial charge on any atom is -0.493 e. The van der Waals surface area contributed by atoms with Crippen molar-refractivity contribution in [2.75, 3.05) is 12.3 Å². The van der Waals surface area contributed by atoms with Crippen molar-refractivity contribution in [3.63, 3.8) is 0 Å². The van der Waals surface area contributed by atoms with Gasteiger partial charge in [-0.15, -0.1) is 0 Å². The summed E-state index contributed by atoms with van der Waals surface area (Å²) in [5.74, 6) is 1.05. The summed E-state index contributed by atoms with van der Waals surface area (Å²) >= 11 is 0. The van der Waals surface area contributed by atoms with E-state index in [1.807, 2.05) is 12.1 Å². The minimum atomic E-state index is 0.816. The van der Waals surface area contributed by atoms with Crippen LogP contribution in [0.3, 0.4) is 0 Å². The molecule has 0 unspecified atom stereocenters. The number of hydrogen-bond acceptors (Lipinski definition) is 2. The van der Waals surface area contributed by atoms with E-state index in [4.69, 9.17) is 10.5 Å². The van der Waals surface area contributed by atoms with Gasteiger partial charge in [-0.1, -0.05) is 24.3 Å². The Morgan fingerprint density at radius 1 is 1.00 bits per heavy atom. The van der Waals surface area contributed by atoms with Gasteiger partial charge in [0.1, 0.15) is 5.75 Å². The molecular weight excluding hydrogens is 210 g/mol. The Morgan fingerprint density at radius 2 is 1.76 bits per heavy atom. The van der Waals surface area contributed by atoms with Gasteiger partial charge in [0, 0.05) is 12.1 Å². The SMILES string of the molecule is Nc1ccc(Cc2ccc3c(c2)CCO3)cc1. The fourth-order valence-corrected chi connectivity index (χ4v) is 2.22. The molecule has 0 radical (unpaired) electrons. The molecule has 2 N–H and O–H groups in total. The number of rotatable bonds is 2. The Morgan fingerprint density at radius 3 is 2.59 bits per heavy atom. The molecule has 2 aromatic rings. The van der Waals surface area contributed by atoms with Crippen LogP contribution in [0.15, 0.2) is 42.5 Å². The first-order chi connectivity index (χ1) is 8.31. The molecule has 17 heavy (non-hydrogen) atoms. The van der Waals surface area contributed by atoms with Crippen LogP contribution >= 0.6 is 0 Å². The first kappa shape index (κ1) is 10.2. The Bertz CT molecular complexity index is 531. The molecule has 0 atom stereocenters. The largest absolute Gasteiger partial charge is 0.493 e. The van der Waals surface area contributed by atoms with Gasteiger partial charge in [0.25, 0.3) is 0 Å². The zero-order chi connectivity index (χ0) is 11.7. The van der Waals surface area contributed by atoms with E-state index in [1.54, 1.807) is 0 Å². The lowest BCUT2D eigenvalue weighted by atomic mass is 10.0. The Labute approximate surface area is 101 Å². The number of benzene rings is 2. The van der Waals surface area contributed by atoms with E-state index in [2.05, 4.69) is 30.3 Å². The molecule has 3 rings (SSSR count). The van der Waals surface area contributed by atoms with Gasteiger partial charge in [-0.25, -0.2) is 0 Å². The Hall–Kier alpha value is -1.96. The summed E-state index contributed by atoms with van der Waals surface area (Å²) in [6, 6.07) is 14.5. The fourth-order valence-electron chi connectivity index (χ4n) is 2.22. The maximum Gasteiger partial charge on any atom is 0.122 e. The zero-order valence-corrected chi connectivity index (χ0v) is 9.65. The van der Waals surface area contributed by atoms with Gasteiger partial charge in [0.15, 0.2) is 0 Å². The first-order valence-electron chi connectivity index (χ1n) is 5.90. The number of ether oxygens (including phenoxy) is 1. The smallest absolute Gasteiger partial charge is 0.122 e. The number of anilines is 1. The maximum absolute atomic E-state index is 5.68. The summed E-state index contributed by atoms with van der Waals surface area (Å²) in [4.78, 5) is 0. The summed E-state index contributed by atoms with van der Waals surface area (Å²) < 4.78 is 5.50. The molecule has 0 saturated heterocycles. The predicted octanol–water partition coefficient (Wildman–Crippen LogP) is 2.79. The van der Waals surface area contributed by atoms with Gasteiger partial charge < -0.3 is 10.5 Å². The lowest BCUT2D eigenvalue weighted by Gasteiger charge is -2.05. The summed E-state index contributed by atoms with van der Waals surface area (Å²) in [6.45, 7) is 0.820. The molecule has 1 heterocycles. The highest BCUT2D eigenvalue weighted by Crippen LogP contribution is 2.26. The number of hydrogen-bond donors (Lipinski definition) is 1. The van der Waals surface area contributed by atoms with Crippen LogP contribution in [-0.2, 0) is 12.8 Å². The van der Waals surface area contributed by atoms with Crippen molar-refractivity contribution in [3.8, 4) is 5.75 Å². The second-order valence-electron chi connectivity index (χ2n) is 4.46. The van der Waals surface area contributed by atoms with Gasteiger partial charge in [0.05, 0.1) is 6.61 Å². The van der Waals surface area contributed by atoms with Crippen LogP contribution < -0.4 is 10.5 Å². The molecule has 1 aliphatic heterocycles. The molecule has 86 valence electrons. The molecule has 0 saturated carbocycles. The second-order valence-corrected chi connectivity index (χ2v) is 4.46. The van der Waals surface area contributed by atoms with Gasteiger partial charge in [-0.05, 0) is 41.3 Å². The van der Waals surface area contributed by atoms with Gasteiger partial charge in [-0.3, -0.25) is 0 Å². The predicted molar refractivity (Wildman–Crippen MR) is 69.3 cm³/mol. The van der Waals surface area contributed by atoms with Crippen LogP contribution in [-0.4, -0.2) is 6.61 Å². The van der Waals surface area contributed by atoms with Crippen molar-refractivity contribution < 1.29 is 4.74 Å². The first-order valence-corrected chi connectivity index (χ1v) is 5.90.